The summed E-state index contributed by atoms with van der Waals surface area (Å²) >= 11 is 6.20. The van der Waals surface area contributed by atoms with E-state index in [1.165, 1.54) is 6.07 Å². The zero-order valence-electron chi connectivity index (χ0n) is 17.8. The summed E-state index contributed by atoms with van der Waals surface area (Å²) < 4.78 is 6.33. The highest BCUT2D eigenvalue weighted by molar-refractivity contribution is 6.30. The monoisotopic (exact) mass is 439 g/mol. The second-order valence-electron chi connectivity index (χ2n) is 8.07. The van der Waals surface area contributed by atoms with E-state index in [9.17, 15) is 9.59 Å². The van der Waals surface area contributed by atoms with Gasteiger partial charge >= 0.3 is 6.03 Å². The number of amides is 2. The van der Waals surface area contributed by atoms with E-state index < -0.39 is 0 Å². The van der Waals surface area contributed by atoms with Gasteiger partial charge in [-0.2, -0.15) is 0 Å². The first-order chi connectivity index (χ1) is 14.8. The minimum Gasteiger partial charge on any atom is -0.487 e. The zero-order valence-corrected chi connectivity index (χ0v) is 18.6. The average molecular weight is 440 g/mol. The van der Waals surface area contributed by atoms with E-state index in [-0.39, 0.29) is 23.2 Å². The molecule has 3 aromatic rings. The summed E-state index contributed by atoms with van der Waals surface area (Å²) in [5.74, 6) is 0.715. The molecule has 0 bridgehead atoms. The first kappa shape index (κ1) is 21.2. The highest BCUT2D eigenvalue weighted by Gasteiger charge is 2.39. The molecule has 6 nitrogen and oxygen atoms in total. The number of urea groups is 1. The predicted octanol–water partition coefficient (Wildman–Crippen LogP) is 5.69. The molecule has 31 heavy (non-hydrogen) atoms. The van der Waals surface area contributed by atoms with Gasteiger partial charge in [0.05, 0.1) is 17.2 Å². The van der Waals surface area contributed by atoms with Crippen molar-refractivity contribution in [2.75, 3.05) is 5.32 Å². The molecule has 2 heterocycles. The first-order valence-corrected chi connectivity index (χ1v) is 10.9. The second-order valence-corrected chi connectivity index (χ2v) is 8.51. The van der Waals surface area contributed by atoms with Crippen molar-refractivity contribution in [2.45, 2.75) is 51.7 Å². The number of benzene rings is 2. The summed E-state index contributed by atoms with van der Waals surface area (Å²) in [5, 5.41) is 7.50. The third kappa shape index (κ3) is 4.12. The van der Waals surface area contributed by atoms with Crippen molar-refractivity contribution in [3.05, 3.63) is 69.0 Å². The van der Waals surface area contributed by atoms with Gasteiger partial charge in [0.1, 0.15) is 11.4 Å². The van der Waals surface area contributed by atoms with Gasteiger partial charge in [0.25, 0.3) is 0 Å². The molecule has 1 aliphatic heterocycles. The summed E-state index contributed by atoms with van der Waals surface area (Å²) in [6, 6.07) is 11.9. The van der Waals surface area contributed by atoms with Gasteiger partial charge in [0.2, 0.25) is 5.56 Å². The third-order valence-electron chi connectivity index (χ3n) is 6.20. The molecular weight excluding hydrogens is 414 g/mol. The molecule has 0 fully saturated rings. The Morgan fingerprint density at radius 3 is 2.71 bits per heavy atom. The van der Waals surface area contributed by atoms with Crippen molar-refractivity contribution in [3.63, 3.8) is 0 Å². The fraction of sp³-hybridized carbons (Fsp3) is 0.333. The number of carbonyl (C=O) groups excluding carboxylic acids is 1. The molecule has 4 rings (SSSR count). The van der Waals surface area contributed by atoms with Gasteiger partial charge in [-0.3, -0.25) is 4.79 Å². The Bertz CT molecular complexity index is 1200. The summed E-state index contributed by atoms with van der Waals surface area (Å²) in [7, 11) is 0. The van der Waals surface area contributed by atoms with E-state index in [0.29, 0.717) is 28.4 Å². The molecule has 162 valence electrons. The van der Waals surface area contributed by atoms with E-state index in [4.69, 9.17) is 16.3 Å². The number of hydrogen-bond donors (Lipinski definition) is 3. The molecule has 0 unspecified atom stereocenters. The number of carbonyl (C=O) groups is 1. The molecule has 0 saturated carbocycles. The van der Waals surface area contributed by atoms with Gasteiger partial charge in [0, 0.05) is 28.5 Å². The van der Waals surface area contributed by atoms with E-state index >= 15 is 0 Å². The largest absolute Gasteiger partial charge is 0.487 e. The molecule has 1 atom stereocenters. The van der Waals surface area contributed by atoms with Gasteiger partial charge in [-0.15, -0.1) is 0 Å². The lowest BCUT2D eigenvalue weighted by Crippen LogP contribution is -2.45. The van der Waals surface area contributed by atoms with Crippen LogP contribution in [-0.2, 0) is 0 Å². The summed E-state index contributed by atoms with van der Waals surface area (Å²) in [6.07, 6.45) is 2.32. The van der Waals surface area contributed by atoms with Crippen molar-refractivity contribution in [3.8, 4) is 5.75 Å². The minimum absolute atomic E-state index is 0.181. The summed E-state index contributed by atoms with van der Waals surface area (Å²) in [5.41, 5.74) is 2.63. The molecule has 0 spiro atoms. The molecule has 0 radical (unpaired) electrons. The molecule has 1 aromatic heterocycles. The van der Waals surface area contributed by atoms with Crippen LogP contribution in [0.3, 0.4) is 0 Å². The predicted molar refractivity (Wildman–Crippen MR) is 124 cm³/mol. The molecular formula is C24H26ClN3O3. The normalized spacial score (nSPS) is 17.0. The van der Waals surface area contributed by atoms with Crippen LogP contribution in [0.2, 0.25) is 5.02 Å². The zero-order chi connectivity index (χ0) is 22.2. The fourth-order valence-corrected chi connectivity index (χ4v) is 4.43. The van der Waals surface area contributed by atoms with Crippen LogP contribution in [0.25, 0.3) is 10.9 Å². The first-order valence-electron chi connectivity index (χ1n) is 10.5. The van der Waals surface area contributed by atoms with Gasteiger partial charge in [-0.1, -0.05) is 37.6 Å². The van der Waals surface area contributed by atoms with Crippen molar-refractivity contribution < 1.29 is 9.53 Å². The molecule has 3 N–H and O–H groups in total. The highest BCUT2D eigenvalue weighted by atomic mass is 35.5. The standard InChI is InChI=1S/C24H26ClN3O3/c1-4-24(5-2)13-19(16-8-7-15(25)12-20(16)31-24)27-23(30)28-22-14(3)6-10-18-17(22)9-11-21(29)26-18/h6-12,19H,4-5,13H2,1-3H3,(H,26,29)(H2,27,28,30)/t19-/m1/s1. The molecule has 0 saturated heterocycles. The number of fused-ring (bicyclic) bond motifs is 2. The number of aromatic nitrogens is 1. The second kappa shape index (κ2) is 8.27. The molecule has 1 aliphatic rings. The van der Waals surface area contributed by atoms with Crippen LogP contribution in [0.15, 0.2) is 47.3 Å². The Hall–Kier alpha value is -2.99. The van der Waals surface area contributed by atoms with Gasteiger partial charge < -0.3 is 20.4 Å². The van der Waals surface area contributed by atoms with Crippen LogP contribution in [0.5, 0.6) is 5.75 Å². The maximum atomic E-state index is 13.0. The lowest BCUT2D eigenvalue weighted by molar-refractivity contribution is 0.0247. The van der Waals surface area contributed by atoms with E-state index in [2.05, 4.69) is 29.5 Å². The van der Waals surface area contributed by atoms with Gasteiger partial charge in [0.15, 0.2) is 0 Å². The number of hydrogen-bond acceptors (Lipinski definition) is 3. The maximum Gasteiger partial charge on any atom is 0.319 e. The van der Waals surface area contributed by atoms with Gasteiger partial charge in [-0.25, -0.2) is 4.79 Å². The van der Waals surface area contributed by atoms with Crippen LogP contribution < -0.4 is 20.9 Å². The number of ether oxygens (including phenoxy) is 1. The number of anilines is 1. The molecule has 2 amide bonds. The number of nitrogens with one attached hydrogen (secondary N) is 3. The highest BCUT2D eigenvalue weighted by Crippen LogP contribution is 2.43. The Balaban J connectivity index is 1.64. The van der Waals surface area contributed by atoms with Crippen molar-refractivity contribution in [1.29, 1.82) is 0 Å². The number of pyridine rings is 1. The lowest BCUT2D eigenvalue weighted by atomic mass is 9.83. The van der Waals surface area contributed by atoms with Crippen LogP contribution in [0.1, 0.15) is 50.3 Å². The lowest BCUT2D eigenvalue weighted by Gasteiger charge is -2.41. The Kier molecular flexibility index (Phi) is 5.67. The van der Waals surface area contributed by atoms with Crippen LogP contribution in [0, 0.1) is 6.92 Å². The number of rotatable bonds is 4. The fourth-order valence-electron chi connectivity index (χ4n) is 4.27. The van der Waals surface area contributed by atoms with E-state index in [0.717, 1.165) is 29.4 Å². The van der Waals surface area contributed by atoms with Crippen molar-refractivity contribution in [2.24, 2.45) is 0 Å². The molecule has 2 aromatic carbocycles. The minimum atomic E-state index is -0.357. The molecule has 0 aliphatic carbocycles. The SMILES string of the molecule is CCC1(CC)C[C@@H](NC(=O)Nc2c(C)ccc3[nH]c(=O)ccc23)c2ccc(Cl)cc2O1. The Morgan fingerprint density at radius 1 is 1.19 bits per heavy atom. The van der Waals surface area contributed by atoms with Crippen molar-refractivity contribution in [1.82, 2.24) is 10.3 Å². The summed E-state index contributed by atoms with van der Waals surface area (Å²) in [4.78, 5) is 27.5. The van der Waals surface area contributed by atoms with Gasteiger partial charge in [-0.05, 0) is 49.6 Å². The Morgan fingerprint density at radius 2 is 1.97 bits per heavy atom. The van der Waals surface area contributed by atoms with E-state index in [1.54, 1.807) is 6.07 Å². The molecule has 7 heteroatoms. The van der Waals surface area contributed by atoms with E-state index in [1.807, 2.05) is 37.3 Å². The topological polar surface area (TPSA) is 83.2 Å². The van der Waals surface area contributed by atoms with Crippen LogP contribution in [0.4, 0.5) is 10.5 Å². The van der Waals surface area contributed by atoms with Crippen molar-refractivity contribution >= 4 is 34.2 Å². The number of aromatic amines is 1. The number of halogens is 1. The van der Waals surface area contributed by atoms with Crippen LogP contribution in [-0.4, -0.2) is 16.6 Å². The maximum absolute atomic E-state index is 13.0. The summed E-state index contributed by atoms with van der Waals surface area (Å²) in [6.45, 7) is 6.11. The smallest absolute Gasteiger partial charge is 0.319 e. The average Bonchev–Trinajstić information content (AvgIpc) is 2.75. The third-order valence-corrected chi connectivity index (χ3v) is 6.43. The number of H-pyrrole nitrogens is 1. The quantitative estimate of drug-likeness (QED) is 0.488. The number of aryl methyl sites for hydroxylation is 1. The van der Waals surface area contributed by atoms with Crippen LogP contribution >= 0.6 is 11.6 Å². The Labute approximate surface area is 186 Å².